The molecule has 0 nitrogen and oxygen atoms in total. The minimum absolute atomic E-state index is 0. The van der Waals surface area contributed by atoms with Gasteiger partial charge in [-0.1, -0.05) is 30.3 Å². The second-order valence-corrected chi connectivity index (χ2v) is 4.51. The SMILES string of the molecule is C[C-]=C(C)c1[c-]ccc2cc3ccccc3cc12.[Y]. The molecule has 0 aliphatic heterocycles. The summed E-state index contributed by atoms with van der Waals surface area (Å²) in [5.41, 5.74) is 2.30. The van der Waals surface area contributed by atoms with Gasteiger partial charge in [-0.3, -0.25) is 5.56 Å². The molecule has 0 saturated heterocycles. The molecule has 0 amide bonds. The molecule has 0 aromatic heterocycles. The molecule has 3 rings (SSSR count). The average molecular weight is 319 g/mol. The van der Waals surface area contributed by atoms with E-state index in [1.165, 1.54) is 21.5 Å². The molecule has 3 aromatic rings. The first-order valence-corrected chi connectivity index (χ1v) is 6.14. The van der Waals surface area contributed by atoms with Gasteiger partial charge in [0.2, 0.25) is 0 Å². The zero-order valence-electron chi connectivity index (χ0n) is 11.2. The molecule has 0 N–H and O–H groups in total. The molecular formula is C18H14Y-2. The van der Waals surface area contributed by atoms with Gasteiger partial charge >= 0.3 is 0 Å². The first-order valence-electron chi connectivity index (χ1n) is 6.14. The molecule has 1 radical (unpaired) electrons. The average Bonchev–Trinajstić information content (AvgIpc) is 2.43. The van der Waals surface area contributed by atoms with E-state index in [4.69, 9.17) is 0 Å². The summed E-state index contributed by atoms with van der Waals surface area (Å²) in [5.74, 6) is 0. The number of fused-ring (bicyclic) bond motifs is 2. The van der Waals surface area contributed by atoms with Crippen molar-refractivity contribution < 1.29 is 32.7 Å². The Bertz CT molecular complexity index is 754. The van der Waals surface area contributed by atoms with Crippen molar-refractivity contribution in [2.75, 3.05) is 0 Å². The van der Waals surface area contributed by atoms with E-state index < -0.39 is 0 Å². The van der Waals surface area contributed by atoms with Crippen LogP contribution in [0.2, 0.25) is 0 Å². The van der Waals surface area contributed by atoms with Crippen molar-refractivity contribution in [3.05, 3.63) is 66.2 Å². The first-order chi connectivity index (χ1) is 8.79. The summed E-state index contributed by atoms with van der Waals surface area (Å²) in [5, 5.41) is 5.07. The van der Waals surface area contributed by atoms with Gasteiger partial charge in [-0.2, -0.15) is 11.5 Å². The van der Waals surface area contributed by atoms with Crippen LogP contribution < -0.4 is 0 Å². The fourth-order valence-corrected chi connectivity index (χ4v) is 2.34. The molecule has 0 unspecified atom stereocenters. The smallest absolute Gasteiger partial charge is 0 e. The van der Waals surface area contributed by atoms with E-state index in [1.807, 2.05) is 13.0 Å². The van der Waals surface area contributed by atoms with Gasteiger partial charge in [0, 0.05) is 32.7 Å². The van der Waals surface area contributed by atoms with E-state index in [0.29, 0.717) is 0 Å². The second kappa shape index (κ2) is 5.99. The van der Waals surface area contributed by atoms with Crippen molar-refractivity contribution in [1.29, 1.82) is 0 Å². The maximum atomic E-state index is 3.33. The van der Waals surface area contributed by atoms with Gasteiger partial charge in [-0.15, -0.1) is 31.4 Å². The summed E-state index contributed by atoms with van der Waals surface area (Å²) >= 11 is 0. The Morgan fingerprint density at radius 2 is 1.68 bits per heavy atom. The predicted molar refractivity (Wildman–Crippen MR) is 78.3 cm³/mol. The molecule has 19 heavy (non-hydrogen) atoms. The van der Waals surface area contributed by atoms with Gasteiger partial charge in [0.1, 0.15) is 0 Å². The molecule has 0 aliphatic rings. The Morgan fingerprint density at radius 1 is 1.00 bits per heavy atom. The second-order valence-electron chi connectivity index (χ2n) is 4.51. The molecule has 0 bridgehead atoms. The Hall–Kier alpha value is -0.976. The molecule has 0 heterocycles. The van der Waals surface area contributed by atoms with Crippen LogP contribution in [0, 0.1) is 12.1 Å². The Morgan fingerprint density at radius 3 is 2.37 bits per heavy atom. The minimum Gasteiger partial charge on any atom is -0.327 e. The van der Waals surface area contributed by atoms with Gasteiger partial charge in [0.25, 0.3) is 0 Å². The summed E-state index contributed by atoms with van der Waals surface area (Å²) < 4.78 is 0. The molecule has 0 aliphatic carbocycles. The van der Waals surface area contributed by atoms with E-state index >= 15 is 0 Å². The Labute approximate surface area is 139 Å². The van der Waals surface area contributed by atoms with E-state index in [9.17, 15) is 0 Å². The van der Waals surface area contributed by atoms with Crippen molar-refractivity contribution >= 4 is 27.1 Å². The fraction of sp³-hybridized carbons (Fsp3) is 0.111. The van der Waals surface area contributed by atoms with E-state index in [2.05, 4.69) is 61.5 Å². The number of allylic oxidation sites excluding steroid dienone is 2. The molecule has 0 atom stereocenters. The quantitative estimate of drug-likeness (QED) is 0.436. The number of rotatable bonds is 1. The number of benzene rings is 3. The van der Waals surface area contributed by atoms with E-state index in [0.717, 1.165) is 11.1 Å². The van der Waals surface area contributed by atoms with Gasteiger partial charge in [-0.05, 0) is 10.8 Å². The molecule has 0 spiro atoms. The molecule has 1 heteroatoms. The van der Waals surface area contributed by atoms with Crippen LogP contribution in [0.3, 0.4) is 0 Å². The third-order valence-corrected chi connectivity index (χ3v) is 3.43. The van der Waals surface area contributed by atoms with Crippen LogP contribution in [-0.2, 0) is 32.7 Å². The zero-order chi connectivity index (χ0) is 12.5. The predicted octanol–water partition coefficient (Wildman–Crippen LogP) is 5.02. The standard InChI is InChI=1S/C18H14.Y/c1-3-13(2)17-10-6-9-16-11-14-7-4-5-8-15(14)12-18(16)17;/h4-9,11-12H,1-2H3;/q-2;. The van der Waals surface area contributed by atoms with Gasteiger partial charge in [0.15, 0.2) is 0 Å². The van der Waals surface area contributed by atoms with E-state index in [1.54, 1.807) is 0 Å². The minimum atomic E-state index is 0. The van der Waals surface area contributed by atoms with Gasteiger partial charge in [0.05, 0.1) is 0 Å². The summed E-state index contributed by atoms with van der Waals surface area (Å²) in [6, 6.07) is 20.4. The van der Waals surface area contributed by atoms with Crippen LogP contribution in [0.5, 0.6) is 0 Å². The maximum absolute atomic E-state index is 3.33. The summed E-state index contributed by atoms with van der Waals surface area (Å²) in [7, 11) is 0. The van der Waals surface area contributed by atoms with Crippen LogP contribution in [0.15, 0.2) is 48.5 Å². The van der Waals surface area contributed by atoms with Crippen molar-refractivity contribution in [1.82, 2.24) is 0 Å². The van der Waals surface area contributed by atoms with Crippen LogP contribution in [0.25, 0.3) is 27.1 Å². The van der Waals surface area contributed by atoms with Crippen molar-refractivity contribution in [2.45, 2.75) is 13.8 Å². The van der Waals surface area contributed by atoms with Crippen LogP contribution in [0.1, 0.15) is 19.4 Å². The Balaban J connectivity index is 0.00000133. The molecule has 0 fully saturated rings. The van der Waals surface area contributed by atoms with Gasteiger partial charge in [-0.25, -0.2) is 6.07 Å². The topological polar surface area (TPSA) is 0 Å². The summed E-state index contributed by atoms with van der Waals surface area (Å²) in [6.07, 6.45) is 3.21. The molecule has 3 aromatic carbocycles. The largest absolute Gasteiger partial charge is 0.327 e. The maximum Gasteiger partial charge on any atom is 0 e. The molecule has 91 valence electrons. The summed E-state index contributed by atoms with van der Waals surface area (Å²) in [6.45, 7) is 4.03. The first kappa shape index (κ1) is 14.4. The number of hydrogen-bond donors (Lipinski definition) is 0. The normalized spacial score (nSPS) is 11.6. The monoisotopic (exact) mass is 319 g/mol. The van der Waals surface area contributed by atoms with Gasteiger partial charge < -0.3 is 11.6 Å². The van der Waals surface area contributed by atoms with Crippen molar-refractivity contribution in [3.63, 3.8) is 0 Å². The third-order valence-electron chi connectivity index (χ3n) is 3.43. The summed E-state index contributed by atoms with van der Waals surface area (Å²) in [4.78, 5) is 0. The van der Waals surface area contributed by atoms with Crippen LogP contribution in [0.4, 0.5) is 0 Å². The van der Waals surface area contributed by atoms with Crippen molar-refractivity contribution in [2.24, 2.45) is 0 Å². The van der Waals surface area contributed by atoms with E-state index in [-0.39, 0.29) is 32.7 Å². The zero-order valence-corrected chi connectivity index (χ0v) is 14.0. The third kappa shape index (κ3) is 2.66. The van der Waals surface area contributed by atoms with Crippen LogP contribution >= 0.6 is 0 Å². The molecule has 0 saturated carbocycles. The number of hydrogen-bond acceptors (Lipinski definition) is 0. The fourth-order valence-electron chi connectivity index (χ4n) is 2.34. The van der Waals surface area contributed by atoms with Crippen LogP contribution in [-0.4, -0.2) is 0 Å². The Kier molecular flexibility index (Phi) is 4.55. The van der Waals surface area contributed by atoms with Crippen molar-refractivity contribution in [3.8, 4) is 0 Å². The molecular weight excluding hydrogens is 305 g/mol.